The first-order chi connectivity index (χ1) is 16.6. The summed E-state index contributed by atoms with van der Waals surface area (Å²) >= 11 is 0. The Morgan fingerprint density at radius 2 is 1.85 bits per heavy atom. The van der Waals surface area contributed by atoms with Crippen LogP contribution in [0.25, 0.3) is 5.57 Å². The molecule has 0 bridgehead atoms. The predicted octanol–water partition coefficient (Wildman–Crippen LogP) is 7.31. The molecule has 0 aliphatic heterocycles. The van der Waals surface area contributed by atoms with E-state index in [0.29, 0.717) is 0 Å². The minimum Gasteiger partial charge on any atom is -0.497 e. The molecule has 4 nitrogen and oxygen atoms in total. The number of benzene rings is 1. The molecule has 0 unspecified atom stereocenters. The highest BCUT2D eigenvalue weighted by Crippen LogP contribution is 2.24. The summed E-state index contributed by atoms with van der Waals surface area (Å²) in [5, 5.41) is 3.10. The van der Waals surface area contributed by atoms with Crippen LogP contribution in [-0.2, 0) is 11.2 Å². The zero-order valence-electron chi connectivity index (χ0n) is 21.3. The summed E-state index contributed by atoms with van der Waals surface area (Å²) in [5.74, 6) is 0.828. The largest absolute Gasteiger partial charge is 0.497 e. The van der Waals surface area contributed by atoms with Gasteiger partial charge in [0, 0.05) is 24.5 Å². The van der Waals surface area contributed by atoms with Crippen LogP contribution in [0.2, 0.25) is 0 Å². The molecule has 0 saturated heterocycles. The van der Waals surface area contributed by atoms with Crippen molar-refractivity contribution in [3.05, 3.63) is 78.1 Å². The van der Waals surface area contributed by atoms with E-state index in [1.54, 1.807) is 13.2 Å². The summed E-state index contributed by atoms with van der Waals surface area (Å²) in [6.45, 7) is 4.31. The molecule has 1 aromatic heterocycles. The Kier molecular flexibility index (Phi) is 13.4. The molecule has 0 aliphatic rings. The highest BCUT2D eigenvalue weighted by molar-refractivity contribution is 5.88. The van der Waals surface area contributed by atoms with Gasteiger partial charge in [0.15, 0.2) is 0 Å². The molecule has 0 saturated carbocycles. The number of allylic oxidation sites excluding steroid dienone is 3. The minimum absolute atomic E-state index is 0.0285. The van der Waals surface area contributed by atoms with Crippen molar-refractivity contribution < 1.29 is 9.53 Å². The Bertz CT molecular complexity index is 872. The highest BCUT2D eigenvalue weighted by atomic mass is 16.5. The molecule has 0 radical (unpaired) electrons. The van der Waals surface area contributed by atoms with Gasteiger partial charge in [-0.3, -0.25) is 9.78 Å². The first-order valence-electron chi connectivity index (χ1n) is 12.8. The molecule has 184 valence electrons. The van der Waals surface area contributed by atoms with Gasteiger partial charge in [0.1, 0.15) is 5.75 Å². The third-order valence-electron chi connectivity index (χ3n) is 6.02. The summed E-state index contributed by atoms with van der Waals surface area (Å²) < 4.78 is 5.28. The first kappa shape index (κ1) is 27.4. The summed E-state index contributed by atoms with van der Waals surface area (Å²) in [4.78, 5) is 16.5. The third kappa shape index (κ3) is 11.3. The van der Waals surface area contributed by atoms with E-state index >= 15 is 0 Å². The molecule has 1 aromatic carbocycles. The first-order valence-corrected chi connectivity index (χ1v) is 12.8. The Hall–Kier alpha value is -2.88. The van der Waals surface area contributed by atoms with Crippen molar-refractivity contribution in [2.75, 3.05) is 7.11 Å². The molecule has 34 heavy (non-hydrogen) atoms. The van der Waals surface area contributed by atoms with Crippen LogP contribution in [-0.4, -0.2) is 24.0 Å². The molecule has 1 atom stereocenters. The van der Waals surface area contributed by atoms with Crippen molar-refractivity contribution >= 4 is 11.5 Å². The van der Waals surface area contributed by atoms with E-state index in [2.05, 4.69) is 48.4 Å². The van der Waals surface area contributed by atoms with Gasteiger partial charge in [-0.25, -0.2) is 0 Å². The molecule has 2 aromatic rings. The van der Waals surface area contributed by atoms with E-state index in [9.17, 15) is 4.79 Å². The number of rotatable bonds is 16. The molecular formula is C30H42N2O2. The fraction of sp³-hybridized carbons (Fsp3) is 0.467. The smallest absolute Gasteiger partial charge is 0.244 e. The average Bonchev–Trinajstić information content (AvgIpc) is 2.86. The second-order valence-electron chi connectivity index (χ2n) is 8.96. The Balaban J connectivity index is 1.78. The van der Waals surface area contributed by atoms with Crippen LogP contribution >= 0.6 is 0 Å². The molecule has 1 heterocycles. The van der Waals surface area contributed by atoms with Gasteiger partial charge < -0.3 is 10.1 Å². The summed E-state index contributed by atoms with van der Waals surface area (Å²) in [6.07, 6.45) is 20.7. The van der Waals surface area contributed by atoms with Gasteiger partial charge in [0.05, 0.1) is 7.11 Å². The number of methoxy groups -OCH3 is 1. The van der Waals surface area contributed by atoms with E-state index in [0.717, 1.165) is 50.7 Å². The van der Waals surface area contributed by atoms with Crippen molar-refractivity contribution in [3.63, 3.8) is 0 Å². The van der Waals surface area contributed by atoms with Crippen molar-refractivity contribution in [1.29, 1.82) is 0 Å². The summed E-state index contributed by atoms with van der Waals surface area (Å²) in [5.41, 5.74) is 3.73. The molecule has 0 spiro atoms. The zero-order chi connectivity index (χ0) is 24.4. The lowest BCUT2D eigenvalue weighted by atomic mass is 9.98. The van der Waals surface area contributed by atoms with E-state index in [4.69, 9.17) is 4.74 Å². The maximum atomic E-state index is 12.4. The topological polar surface area (TPSA) is 51.2 Å². The molecule has 1 amide bonds. The number of aromatic nitrogens is 1. The number of aryl methyl sites for hydroxylation is 1. The number of unbranched alkanes of at least 4 members (excludes halogenated alkanes) is 5. The minimum atomic E-state index is -0.0285. The van der Waals surface area contributed by atoms with E-state index in [-0.39, 0.29) is 11.9 Å². The Morgan fingerprint density at radius 3 is 2.56 bits per heavy atom. The lowest BCUT2D eigenvalue weighted by Crippen LogP contribution is -2.30. The fourth-order valence-corrected chi connectivity index (χ4v) is 3.99. The van der Waals surface area contributed by atoms with Gasteiger partial charge in [0.2, 0.25) is 5.91 Å². The number of pyridine rings is 1. The highest BCUT2D eigenvalue weighted by Gasteiger charge is 2.05. The van der Waals surface area contributed by atoms with Crippen molar-refractivity contribution in [3.8, 4) is 5.75 Å². The maximum absolute atomic E-state index is 12.4. The van der Waals surface area contributed by atoms with Gasteiger partial charge in [0.25, 0.3) is 0 Å². The normalized spacial score (nSPS) is 12.6. The average molecular weight is 463 g/mol. The van der Waals surface area contributed by atoms with Crippen molar-refractivity contribution in [2.45, 2.75) is 84.1 Å². The van der Waals surface area contributed by atoms with Crippen LogP contribution in [0.15, 0.2) is 67.0 Å². The van der Waals surface area contributed by atoms with Crippen LogP contribution in [0.4, 0.5) is 0 Å². The zero-order valence-corrected chi connectivity index (χ0v) is 21.3. The van der Waals surface area contributed by atoms with Crippen LogP contribution in [0, 0.1) is 0 Å². The number of nitrogens with one attached hydrogen (secondary N) is 1. The Morgan fingerprint density at radius 1 is 1.06 bits per heavy atom. The molecule has 1 N–H and O–H groups in total. The monoisotopic (exact) mass is 462 g/mol. The third-order valence-corrected chi connectivity index (χ3v) is 6.02. The number of ether oxygens (including phenoxy) is 1. The SMILES string of the molecule is CCCCCC/C(=C\C=C\C(=O)N[C@H](C)CCCCCc1cccnc1)c1ccc(OC)cc1. The molecule has 0 fully saturated rings. The molecule has 0 aliphatic carbocycles. The van der Waals surface area contributed by atoms with Gasteiger partial charge in [-0.1, -0.05) is 69.4 Å². The van der Waals surface area contributed by atoms with Crippen LogP contribution < -0.4 is 10.1 Å². The number of hydrogen-bond acceptors (Lipinski definition) is 3. The predicted molar refractivity (Wildman–Crippen MR) is 143 cm³/mol. The second-order valence-corrected chi connectivity index (χ2v) is 8.96. The second kappa shape index (κ2) is 16.7. The summed E-state index contributed by atoms with van der Waals surface area (Å²) in [7, 11) is 1.68. The Labute approximate surface area is 206 Å². The lowest BCUT2D eigenvalue weighted by Gasteiger charge is -2.12. The number of amides is 1. The van der Waals surface area contributed by atoms with Crippen LogP contribution in [0.3, 0.4) is 0 Å². The number of hydrogen-bond donors (Lipinski definition) is 1. The number of nitrogens with zero attached hydrogens (tertiary/aromatic N) is 1. The van der Waals surface area contributed by atoms with Gasteiger partial charge in [-0.2, -0.15) is 0 Å². The quantitative estimate of drug-likeness (QED) is 0.162. The van der Waals surface area contributed by atoms with Crippen molar-refractivity contribution in [1.82, 2.24) is 10.3 Å². The van der Waals surface area contributed by atoms with E-state index in [1.807, 2.05) is 36.7 Å². The molecular weight excluding hydrogens is 420 g/mol. The fourth-order valence-electron chi connectivity index (χ4n) is 3.99. The van der Waals surface area contributed by atoms with Crippen LogP contribution in [0.1, 0.15) is 82.8 Å². The standard InChI is InChI=1S/C30H42N2O2/c1-4-5-6-10-16-27(28-19-21-29(34-3)22-20-28)17-11-18-30(33)32-25(2)13-8-7-9-14-26-15-12-23-31-24-26/h11-12,15,17-25H,4-10,13-14,16H2,1-3H3,(H,32,33)/b18-11+,27-17+/t25-/m1/s1. The molecule has 4 heteroatoms. The number of carbonyl (C=O) groups is 1. The summed E-state index contributed by atoms with van der Waals surface area (Å²) in [6, 6.07) is 12.5. The van der Waals surface area contributed by atoms with E-state index < -0.39 is 0 Å². The molecule has 2 rings (SSSR count). The van der Waals surface area contributed by atoms with Gasteiger partial charge in [-0.15, -0.1) is 0 Å². The van der Waals surface area contributed by atoms with Crippen molar-refractivity contribution in [2.24, 2.45) is 0 Å². The van der Waals surface area contributed by atoms with Crippen LogP contribution in [0.5, 0.6) is 5.75 Å². The van der Waals surface area contributed by atoms with E-state index in [1.165, 1.54) is 36.0 Å². The maximum Gasteiger partial charge on any atom is 0.244 e. The van der Waals surface area contributed by atoms with Gasteiger partial charge in [-0.05, 0) is 73.9 Å². The number of carbonyl (C=O) groups excluding carboxylic acids is 1. The lowest BCUT2D eigenvalue weighted by molar-refractivity contribution is -0.117. The van der Waals surface area contributed by atoms with Gasteiger partial charge >= 0.3 is 0 Å².